The van der Waals surface area contributed by atoms with E-state index in [4.69, 9.17) is 40.5 Å². The van der Waals surface area contributed by atoms with Crippen LogP contribution in [0.3, 0.4) is 0 Å². The Bertz CT molecular complexity index is 359. The zero-order valence-corrected chi connectivity index (χ0v) is 11.2. The number of nitrogens with two attached hydrogens (primary N) is 1. The SMILES string of the molecule is Nc1cnc[nH]1.O=CC(O)C(O)C(O)CO.O=[PH](O)O. The Morgan fingerprint density at radius 2 is 1.90 bits per heavy atom. The molecule has 118 valence electrons. The Balaban J connectivity index is 0. The van der Waals surface area contributed by atoms with Crippen LogP contribution in [0.2, 0.25) is 0 Å². The van der Waals surface area contributed by atoms with E-state index < -0.39 is 33.2 Å². The number of H-pyrrole nitrogens is 1. The van der Waals surface area contributed by atoms with E-state index >= 15 is 0 Å². The summed E-state index contributed by atoms with van der Waals surface area (Å²) >= 11 is 0. The molecule has 0 spiro atoms. The topological polar surface area (TPSA) is 210 Å². The van der Waals surface area contributed by atoms with Gasteiger partial charge in [0.05, 0.1) is 19.1 Å². The molecule has 3 unspecified atom stereocenters. The molecular weight excluding hydrogens is 297 g/mol. The number of hydrogen-bond acceptors (Lipinski definition) is 8. The molecule has 0 saturated carbocycles. The van der Waals surface area contributed by atoms with Gasteiger partial charge in [0.15, 0.2) is 6.29 Å². The molecule has 3 atom stereocenters. The van der Waals surface area contributed by atoms with Crippen LogP contribution < -0.4 is 5.73 Å². The number of nitrogens with one attached hydrogen (secondary N) is 1. The van der Waals surface area contributed by atoms with E-state index in [1.54, 1.807) is 6.20 Å². The molecule has 1 aromatic heterocycles. The lowest BCUT2D eigenvalue weighted by Gasteiger charge is -2.16. The second-order valence-electron chi connectivity index (χ2n) is 3.16. The van der Waals surface area contributed by atoms with Crippen LogP contribution >= 0.6 is 8.25 Å². The molecule has 1 heterocycles. The largest absolute Gasteiger partial charge is 0.394 e. The Morgan fingerprint density at radius 1 is 1.40 bits per heavy atom. The van der Waals surface area contributed by atoms with Crippen LogP contribution in [-0.2, 0) is 9.36 Å². The van der Waals surface area contributed by atoms with Crippen LogP contribution in [0.15, 0.2) is 12.5 Å². The van der Waals surface area contributed by atoms with Crippen LogP contribution in [0.1, 0.15) is 0 Å². The smallest absolute Gasteiger partial charge is 0.314 e. The van der Waals surface area contributed by atoms with Crippen molar-refractivity contribution in [1.82, 2.24) is 9.97 Å². The first-order valence-corrected chi connectivity index (χ1v) is 6.32. The Morgan fingerprint density at radius 3 is 2.10 bits per heavy atom. The lowest BCUT2D eigenvalue weighted by atomic mass is 10.1. The van der Waals surface area contributed by atoms with Crippen molar-refractivity contribution >= 4 is 20.4 Å². The number of nitrogens with zero attached hydrogens (tertiary/aromatic N) is 1. The summed E-state index contributed by atoms with van der Waals surface area (Å²) in [6, 6.07) is 0. The molecule has 0 radical (unpaired) electrons. The highest BCUT2D eigenvalue weighted by atomic mass is 31.1. The van der Waals surface area contributed by atoms with Gasteiger partial charge in [0.1, 0.15) is 24.1 Å². The highest BCUT2D eigenvalue weighted by Crippen LogP contribution is 1.98. The van der Waals surface area contributed by atoms with Gasteiger partial charge in [0, 0.05) is 0 Å². The van der Waals surface area contributed by atoms with E-state index in [1.165, 1.54) is 6.33 Å². The normalized spacial score (nSPS) is 14.2. The van der Waals surface area contributed by atoms with Crippen molar-refractivity contribution in [1.29, 1.82) is 0 Å². The zero-order valence-electron chi connectivity index (χ0n) is 10.2. The van der Waals surface area contributed by atoms with Gasteiger partial charge in [-0.1, -0.05) is 0 Å². The number of anilines is 1. The molecule has 0 saturated heterocycles. The first-order valence-electron chi connectivity index (χ1n) is 5.02. The molecule has 1 aromatic rings. The number of aliphatic hydroxyl groups excluding tert-OH is 4. The van der Waals surface area contributed by atoms with Crippen molar-refractivity contribution in [3.63, 3.8) is 0 Å². The third-order valence-corrected chi connectivity index (χ3v) is 1.59. The third kappa shape index (κ3) is 13.1. The van der Waals surface area contributed by atoms with E-state index in [-0.39, 0.29) is 6.29 Å². The van der Waals surface area contributed by atoms with E-state index in [0.29, 0.717) is 5.82 Å². The fourth-order valence-electron chi connectivity index (χ4n) is 0.683. The molecule has 0 aliphatic rings. The van der Waals surface area contributed by atoms with E-state index in [9.17, 15) is 4.79 Å². The summed E-state index contributed by atoms with van der Waals surface area (Å²) in [6.45, 7) is -0.688. The lowest BCUT2D eigenvalue weighted by Crippen LogP contribution is -2.40. The zero-order chi connectivity index (χ0) is 16.1. The number of carbonyl (C=O) groups is 1. The van der Waals surface area contributed by atoms with Crippen molar-refractivity contribution in [3.8, 4) is 0 Å². The van der Waals surface area contributed by atoms with Crippen molar-refractivity contribution in [2.24, 2.45) is 0 Å². The Labute approximate surface area is 114 Å². The second-order valence-corrected chi connectivity index (χ2v) is 3.72. The number of aliphatic hydroxyl groups is 4. The number of nitrogen functional groups attached to an aromatic ring is 1. The highest BCUT2D eigenvalue weighted by Gasteiger charge is 2.22. The van der Waals surface area contributed by atoms with Crippen LogP contribution in [0, 0.1) is 0 Å². The monoisotopic (exact) mass is 315 g/mol. The first-order chi connectivity index (χ1) is 9.26. The quantitative estimate of drug-likeness (QED) is 0.204. The minimum Gasteiger partial charge on any atom is -0.394 e. The maximum Gasteiger partial charge on any atom is 0.314 e. The van der Waals surface area contributed by atoms with Gasteiger partial charge in [-0.25, -0.2) is 4.98 Å². The van der Waals surface area contributed by atoms with Gasteiger partial charge in [-0.15, -0.1) is 0 Å². The highest BCUT2D eigenvalue weighted by molar-refractivity contribution is 7.30. The predicted octanol–water partition coefficient (Wildman–Crippen LogP) is -3.39. The molecule has 20 heavy (non-hydrogen) atoms. The summed E-state index contributed by atoms with van der Waals surface area (Å²) in [7, 11) is -3.13. The minimum atomic E-state index is -3.13. The molecule has 0 aliphatic heterocycles. The molecular formula is C8H18N3O8P. The molecule has 0 amide bonds. The number of aromatic nitrogens is 2. The van der Waals surface area contributed by atoms with Crippen LogP contribution in [-0.4, -0.2) is 71.4 Å². The lowest BCUT2D eigenvalue weighted by molar-refractivity contribution is -0.127. The molecule has 1 rings (SSSR count). The maximum atomic E-state index is 9.76. The summed E-state index contributed by atoms with van der Waals surface area (Å²) in [5.74, 6) is 0.606. The Hall–Kier alpha value is -1.33. The van der Waals surface area contributed by atoms with E-state index in [2.05, 4.69) is 9.97 Å². The average Bonchev–Trinajstić information content (AvgIpc) is 2.87. The van der Waals surface area contributed by atoms with Crippen LogP contribution in [0.5, 0.6) is 0 Å². The van der Waals surface area contributed by atoms with Gasteiger partial charge in [-0.2, -0.15) is 0 Å². The first kappa shape index (κ1) is 21.0. The van der Waals surface area contributed by atoms with Gasteiger partial charge in [0.2, 0.25) is 0 Å². The fraction of sp³-hybridized carbons (Fsp3) is 0.500. The average molecular weight is 315 g/mol. The van der Waals surface area contributed by atoms with E-state index in [1.807, 2.05) is 0 Å². The second kappa shape index (κ2) is 12.7. The van der Waals surface area contributed by atoms with Gasteiger partial charge in [-0.3, -0.25) is 4.57 Å². The van der Waals surface area contributed by atoms with Gasteiger partial charge >= 0.3 is 8.25 Å². The molecule has 0 bridgehead atoms. The number of imidazole rings is 1. The van der Waals surface area contributed by atoms with Gasteiger partial charge in [0.25, 0.3) is 0 Å². The molecule has 9 N–H and O–H groups in total. The molecule has 0 aromatic carbocycles. The molecule has 0 aliphatic carbocycles. The number of aromatic amines is 1. The summed E-state index contributed by atoms with van der Waals surface area (Å²) in [6.07, 6.45) is -1.54. The fourth-order valence-corrected chi connectivity index (χ4v) is 0.683. The van der Waals surface area contributed by atoms with Crippen molar-refractivity contribution in [2.75, 3.05) is 12.3 Å². The van der Waals surface area contributed by atoms with Crippen molar-refractivity contribution < 1.29 is 39.6 Å². The maximum absolute atomic E-state index is 9.76. The predicted molar refractivity (Wildman–Crippen MR) is 67.6 cm³/mol. The summed E-state index contributed by atoms with van der Waals surface area (Å²) in [4.78, 5) is 30.4. The molecule has 12 heteroatoms. The van der Waals surface area contributed by atoms with E-state index in [0.717, 1.165) is 0 Å². The van der Waals surface area contributed by atoms with Crippen molar-refractivity contribution in [3.05, 3.63) is 12.5 Å². The Kier molecular flexibility index (Phi) is 13.3. The molecule has 11 nitrogen and oxygen atoms in total. The van der Waals surface area contributed by atoms with Crippen LogP contribution in [0.4, 0.5) is 5.82 Å². The summed E-state index contributed by atoms with van der Waals surface area (Å²) in [5.41, 5.74) is 5.16. The molecule has 0 fully saturated rings. The van der Waals surface area contributed by atoms with Gasteiger partial charge < -0.3 is 45.7 Å². The van der Waals surface area contributed by atoms with Crippen molar-refractivity contribution in [2.45, 2.75) is 18.3 Å². The number of aldehydes is 1. The van der Waals surface area contributed by atoms with Gasteiger partial charge in [-0.05, 0) is 0 Å². The summed E-state index contributed by atoms with van der Waals surface area (Å²) in [5, 5.41) is 34.1. The third-order valence-electron chi connectivity index (χ3n) is 1.59. The summed E-state index contributed by atoms with van der Waals surface area (Å²) < 4.78 is 8.74. The number of carbonyl (C=O) groups excluding carboxylic acids is 1. The number of rotatable bonds is 4. The van der Waals surface area contributed by atoms with Crippen LogP contribution in [0.25, 0.3) is 0 Å². The number of hydrogen-bond donors (Lipinski definition) is 8. The minimum absolute atomic E-state index is 0.0869. The standard InChI is InChI=1S/C5H10O5.C3H5N3.H3O3P/c6-1-3(8)5(10)4(9)2-7;4-3-1-5-2-6-3;1-4(2)3/h1,3-5,7-10H,2H2;1-2H,4H2,(H,5,6);4H,(H2,1,2,3).